The zero-order chi connectivity index (χ0) is 14.8. The molecule has 0 saturated carbocycles. The van der Waals surface area contributed by atoms with Crippen molar-refractivity contribution in [2.45, 2.75) is 50.2 Å². The fourth-order valence-electron chi connectivity index (χ4n) is 3.00. The van der Waals surface area contributed by atoms with Crippen LogP contribution in [-0.4, -0.2) is 30.0 Å². The molecule has 20 heavy (non-hydrogen) atoms. The summed E-state index contributed by atoms with van der Waals surface area (Å²) < 4.78 is 19.1. The van der Waals surface area contributed by atoms with Crippen molar-refractivity contribution in [2.75, 3.05) is 13.2 Å². The van der Waals surface area contributed by atoms with Crippen LogP contribution in [0.25, 0.3) is 0 Å². The van der Waals surface area contributed by atoms with E-state index in [1.54, 1.807) is 12.1 Å². The average molecular weight is 281 g/mol. The van der Waals surface area contributed by atoms with E-state index < -0.39 is 5.41 Å². The first-order chi connectivity index (χ1) is 9.41. The molecular formula is C16H24FNO2. The van der Waals surface area contributed by atoms with Gasteiger partial charge >= 0.3 is 0 Å². The first-order valence-corrected chi connectivity index (χ1v) is 7.16. The van der Waals surface area contributed by atoms with E-state index in [1.807, 2.05) is 0 Å². The first-order valence-electron chi connectivity index (χ1n) is 7.16. The van der Waals surface area contributed by atoms with Gasteiger partial charge in [-0.3, -0.25) is 0 Å². The number of hydrogen-bond acceptors (Lipinski definition) is 3. The fourth-order valence-corrected chi connectivity index (χ4v) is 3.00. The standard InChI is InChI=1S/C16H24FNO2/c1-15(2)8-7-14(20-15)9-16(10-18,11-19)12-3-5-13(17)6-4-12/h3-6,14,19H,7-11,18H2,1-2H3. The van der Waals surface area contributed by atoms with Gasteiger partial charge in [0.05, 0.1) is 18.3 Å². The normalized spacial score (nSPS) is 24.6. The van der Waals surface area contributed by atoms with Crippen LogP contribution in [-0.2, 0) is 10.2 Å². The summed E-state index contributed by atoms with van der Waals surface area (Å²) in [5.74, 6) is -0.282. The van der Waals surface area contributed by atoms with Gasteiger partial charge in [0.15, 0.2) is 0 Å². The molecule has 4 heteroatoms. The van der Waals surface area contributed by atoms with Crippen molar-refractivity contribution in [3.05, 3.63) is 35.6 Å². The molecule has 1 heterocycles. The van der Waals surface area contributed by atoms with Gasteiger partial charge in [-0.1, -0.05) is 12.1 Å². The van der Waals surface area contributed by atoms with Crippen LogP contribution in [0.15, 0.2) is 24.3 Å². The van der Waals surface area contributed by atoms with E-state index in [1.165, 1.54) is 12.1 Å². The predicted molar refractivity (Wildman–Crippen MR) is 77.0 cm³/mol. The molecule has 0 bridgehead atoms. The topological polar surface area (TPSA) is 55.5 Å². The maximum atomic E-state index is 13.1. The van der Waals surface area contributed by atoms with Crippen molar-refractivity contribution in [3.8, 4) is 0 Å². The van der Waals surface area contributed by atoms with E-state index in [-0.39, 0.29) is 24.1 Å². The van der Waals surface area contributed by atoms with Gasteiger partial charge in [-0.05, 0) is 50.8 Å². The Morgan fingerprint density at radius 1 is 1.40 bits per heavy atom. The summed E-state index contributed by atoms with van der Waals surface area (Å²) in [6.45, 7) is 4.41. The molecule has 1 aromatic carbocycles. The Balaban J connectivity index is 2.19. The third-order valence-electron chi connectivity index (χ3n) is 4.32. The lowest BCUT2D eigenvalue weighted by atomic mass is 9.76. The number of aliphatic hydroxyl groups excluding tert-OH is 1. The summed E-state index contributed by atoms with van der Waals surface area (Å²) in [6.07, 6.45) is 2.73. The van der Waals surface area contributed by atoms with Gasteiger partial charge in [0.2, 0.25) is 0 Å². The fraction of sp³-hybridized carbons (Fsp3) is 0.625. The quantitative estimate of drug-likeness (QED) is 0.871. The maximum absolute atomic E-state index is 13.1. The number of benzene rings is 1. The van der Waals surface area contributed by atoms with Crippen molar-refractivity contribution < 1.29 is 14.2 Å². The van der Waals surface area contributed by atoms with Crippen molar-refractivity contribution in [3.63, 3.8) is 0 Å². The number of aliphatic hydroxyl groups is 1. The molecule has 0 radical (unpaired) electrons. The Kier molecular flexibility index (Phi) is 4.47. The molecule has 1 aliphatic heterocycles. The molecule has 0 aliphatic carbocycles. The molecule has 1 fully saturated rings. The van der Waals surface area contributed by atoms with Crippen molar-refractivity contribution in [1.29, 1.82) is 0 Å². The molecule has 0 spiro atoms. The van der Waals surface area contributed by atoms with Gasteiger partial charge < -0.3 is 15.6 Å². The van der Waals surface area contributed by atoms with Crippen molar-refractivity contribution >= 4 is 0 Å². The van der Waals surface area contributed by atoms with E-state index in [2.05, 4.69) is 13.8 Å². The number of ether oxygens (including phenoxy) is 1. The Morgan fingerprint density at radius 3 is 2.50 bits per heavy atom. The third kappa shape index (κ3) is 3.19. The van der Waals surface area contributed by atoms with Gasteiger partial charge in [-0.15, -0.1) is 0 Å². The summed E-state index contributed by atoms with van der Waals surface area (Å²) in [5.41, 5.74) is 6.13. The highest BCUT2D eigenvalue weighted by molar-refractivity contribution is 5.27. The van der Waals surface area contributed by atoms with Crippen LogP contribution in [0.3, 0.4) is 0 Å². The molecule has 2 atom stereocenters. The maximum Gasteiger partial charge on any atom is 0.123 e. The molecule has 2 rings (SSSR count). The second-order valence-electron chi connectivity index (χ2n) is 6.39. The molecule has 0 amide bonds. The molecule has 3 N–H and O–H groups in total. The largest absolute Gasteiger partial charge is 0.395 e. The minimum absolute atomic E-state index is 0.0601. The predicted octanol–water partition coefficient (Wildman–Crippen LogP) is 2.36. The third-order valence-corrected chi connectivity index (χ3v) is 4.32. The SMILES string of the molecule is CC1(C)CCC(CC(CN)(CO)c2ccc(F)cc2)O1. The van der Waals surface area contributed by atoms with Crippen LogP contribution < -0.4 is 5.73 Å². The first kappa shape index (κ1) is 15.4. The smallest absolute Gasteiger partial charge is 0.123 e. The minimum atomic E-state index is -0.557. The lowest BCUT2D eigenvalue weighted by Gasteiger charge is -2.34. The van der Waals surface area contributed by atoms with Crippen LogP contribution in [0.1, 0.15) is 38.7 Å². The molecule has 1 aliphatic rings. The Hall–Kier alpha value is -0.970. The number of hydrogen-bond donors (Lipinski definition) is 2. The van der Waals surface area contributed by atoms with Gasteiger partial charge in [-0.2, -0.15) is 0 Å². The summed E-state index contributed by atoms with van der Waals surface area (Å²) in [4.78, 5) is 0. The molecule has 0 aromatic heterocycles. The van der Waals surface area contributed by atoms with Gasteiger partial charge in [0.1, 0.15) is 5.82 Å². The van der Waals surface area contributed by atoms with E-state index in [4.69, 9.17) is 10.5 Å². The van der Waals surface area contributed by atoms with Crippen LogP contribution in [0, 0.1) is 5.82 Å². The van der Waals surface area contributed by atoms with Crippen LogP contribution in [0.5, 0.6) is 0 Å². The highest BCUT2D eigenvalue weighted by Crippen LogP contribution is 2.37. The monoisotopic (exact) mass is 281 g/mol. The van der Waals surface area contributed by atoms with Crippen LogP contribution >= 0.6 is 0 Å². The second-order valence-corrected chi connectivity index (χ2v) is 6.39. The number of halogens is 1. The van der Waals surface area contributed by atoms with Crippen LogP contribution in [0.4, 0.5) is 4.39 Å². The zero-order valence-corrected chi connectivity index (χ0v) is 12.2. The zero-order valence-electron chi connectivity index (χ0n) is 12.2. The number of rotatable bonds is 5. The number of nitrogens with two attached hydrogens (primary N) is 1. The Morgan fingerprint density at radius 2 is 2.05 bits per heavy atom. The minimum Gasteiger partial charge on any atom is -0.395 e. The lowest BCUT2D eigenvalue weighted by molar-refractivity contribution is -0.0313. The average Bonchev–Trinajstić information content (AvgIpc) is 2.76. The van der Waals surface area contributed by atoms with Gasteiger partial charge in [0, 0.05) is 12.0 Å². The molecule has 1 aromatic rings. The molecular weight excluding hydrogens is 257 g/mol. The summed E-state index contributed by atoms with van der Waals surface area (Å²) in [5, 5.41) is 9.86. The van der Waals surface area contributed by atoms with Crippen LogP contribution in [0.2, 0.25) is 0 Å². The van der Waals surface area contributed by atoms with Gasteiger partial charge in [0.25, 0.3) is 0 Å². The molecule has 1 saturated heterocycles. The molecule has 3 nitrogen and oxygen atoms in total. The summed E-state index contributed by atoms with van der Waals surface area (Å²) in [6, 6.07) is 6.24. The Labute approximate surface area is 119 Å². The van der Waals surface area contributed by atoms with Gasteiger partial charge in [-0.25, -0.2) is 4.39 Å². The van der Waals surface area contributed by atoms with Crippen molar-refractivity contribution in [2.24, 2.45) is 5.73 Å². The molecule has 2 unspecified atom stereocenters. The summed E-state index contributed by atoms with van der Waals surface area (Å²) in [7, 11) is 0. The summed E-state index contributed by atoms with van der Waals surface area (Å²) >= 11 is 0. The highest BCUT2D eigenvalue weighted by Gasteiger charge is 2.39. The van der Waals surface area contributed by atoms with E-state index in [9.17, 15) is 9.50 Å². The van der Waals surface area contributed by atoms with E-state index >= 15 is 0 Å². The van der Waals surface area contributed by atoms with Crippen molar-refractivity contribution in [1.82, 2.24) is 0 Å². The second kappa shape index (κ2) is 5.80. The van der Waals surface area contributed by atoms with E-state index in [0.29, 0.717) is 13.0 Å². The highest BCUT2D eigenvalue weighted by atomic mass is 19.1. The lowest BCUT2D eigenvalue weighted by Crippen LogP contribution is -2.42. The van der Waals surface area contributed by atoms with E-state index in [0.717, 1.165) is 18.4 Å². The molecule has 112 valence electrons. The Bertz CT molecular complexity index is 440.